The third-order valence-corrected chi connectivity index (χ3v) is 4.77. The Hall–Kier alpha value is -0.620. The lowest BCUT2D eigenvalue weighted by Crippen LogP contribution is -2.65. The maximum absolute atomic E-state index is 12.5. The number of halogens is 2. The summed E-state index contributed by atoms with van der Waals surface area (Å²) < 4.78 is 12.3. The van der Waals surface area contributed by atoms with E-state index < -0.39 is 5.79 Å². The second-order valence-corrected chi connectivity index (χ2v) is 7.59. The minimum atomic E-state index is -0.525. The van der Waals surface area contributed by atoms with E-state index in [0.717, 1.165) is 4.47 Å². The van der Waals surface area contributed by atoms with Gasteiger partial charge in [-0.2, -0.15) is 0 Å². The van der Waals surface area contributed by atoms with Gasteiger partial charge in [-0.1, -0.05) is 27.5 Å². The molecule has 0 atom stereocenters. The number of ether oxygens (including phenoxy) is 2. The average molecular weight is 375 g/mol. The molecule has 1 spiro atoms. The van der Waals surface area contributed by atoms with Crippen LogP contribution in [0.3, 0.4) is 0 Å². The molecule has 1 aromatic rings. The number of nitrogens with zero attached hydrogens (tertiary/aromatic N) is 1. The van der Waals surface area contributed by atoms with Crippen LogP contribution in [0, 0.1) is 5.41 Å². The van der Waals surface area contributed by atoms with Gasteiger partial charge in [0.2, 0.25) is 0 Å². The molecule has 0 aliphatic carbocycles. The van der Waals surface area contributed by atoms with E-state index in [1.54, 1.807) is 17.0 Å². The van der Waals surface area contributed by atoms with Crippen molar-refractivity contribution in [3.05, 3.63) is 33.3 Å². The van der Waals surface area contributed by atoms with Crippen molar-refractivity contribution in [2.24, 2.45) is 5.41 Å². The maximum Gasteiger partial charge on any atom is 0.255 e. The van der Waals surface area contributed by atoms with Crippen molar-refractivity contribution in [3.8, 4) is 0 Å². The number of rotatable bonds is 1. The summed E-state index contributed by atoms with van der Waals surface area (Å²) >= 11 is 9.48. The highest BCUT2D eigenvalue weighted by Gasteiger charge is 2.50. The fraction of sp³-hybridized carbons (Fsp3) is 0.533. The molecule has 2 aliphatic rings. The molecule has 0 aromatic heterocycles. The van der Waals surface area contributed by atoms with Crippen LogP contribution in [0.1, 0.15) is 24.2 Å². The summed E-state index contributed by atoms with van der Waals surface area (Å²) in [5.41, 5.74) is 0.461. The number of carbonyl (C=O) groups excluding carboxylic acids is 1. The van der Waals surface area contributed by atoms with E-state index in [2.05, 4.69) is 15.9 Å². The Bertz CT molecular complexity index is 572. The predicted molar refractivity (Wildman–Crippen MR) is 83.5 cm³/mol. The van der Waals surface area contributed by atoms with Crippen LogP contribution in [0.5, 0.6) is 0 Å². The molecule has 0 radical (unpaired) electrons. The molecule has 0 bridgehead atoms. The molecular formula is C15H17BrClNO3. The number of hydrogen-bond donors (Lipinski definition) is 0. The first-order valence-electron chi connectivity index (χ1n) is 6.83. The summed E-state index contributed by atoms with van der Waals surface area (Å²) in [7, 11) is 0. The summed E-state index contributed by atoms with van der Waals surface area (Å²) in [6, 6.07) is 5.30. The van der Waals surface area contributed by atoms with Crippen LogP contribution >= 0.6 is 27.5 Å². The van der Waals surface area contributed by atoms with Crippen molar-refractivity contribution in [2.75, 3.05) is 26.3 Å². The third kappa shape index (κ3) is 2.97. The van der Waals surface area contributed by atoms with Gasteiger partial charge in [0, 0.05) is 17.6 Å². The number of amides is 1. The third-order valence-electron chi connectivity index (χ3n) is 3.95. The Kier molecular flexibility index (Phi) is 3.81. The van der Waals surface area contributed by atoms with Crippen LogP contribution in [0.15, 0.2) is 22.7 Å². The van der Waals surface area contributed by atoms with E-state index in [4.69, 9.17) is 21.1 Å². The van der Waals surface area contributed by atoms with Gasteiger partial charge in [-0.15, -0.1) is 0 Å². The molecule has 0 unspecified atom stereocenters. The molecule has 6 heteroatoms. The maximum atomic E-state index is 12.5. The first-order chi connectivity index (χ1) is 9.80. The van der Waals surface area contributed by atoms with Gasteiger partial charge in [0.1, 0.15) is 0 Å². The first kappa shape index (κ1) is 15.3. The van der Waals surface area contributed by atoms with Gasteiger partial charge >= 0.3 is 0 Å². The summed E-state index contributed by atoms with van der Waals surface area (Å²) in [6.07, 6.45) is 0. The summed E-state index contributed by atoms with van der Waals surface area (Å²) in [5, 5.41) is 0.474. The van der Waals surface area contributed by atoms with Crippen LogP contribution in [0.25, 0.3) is 0 Å². The van der Waals surface area contributed by atoms with Gasteiger partial charge in [-0.05, 0) is 32.0 Å². The zero-order chi connectivity index (χ0) is 15.3. The number of carbonyl (C=O) groups is 1. The van der Waals surface area contributed by atoms with Crippen molar-refractivity contribution in [1.82, 2.24) is 4.90 Å². The first-order valence-corrected chi connectivity index (χ1v) is 8.00. The second-order valence-electron chi connectivity index (χ2n) is 6.26. The standard InChI is InChI=1S/C15H17BrClNO3/c1-14(2)20-8-15(9-21-14)6-18(7-15)13(19)11-5-10(16)3-4-12(11)17/h3-5H,6-9H2,1-2H3. The molecule has 3 rings (SSSR count). The van der Waals surface area contributed by atoms with E-state index in [-0.39, 0.29) is 11.3 Å². The van der Waals surface area contributed by atoms with E-state index in [0.29, 0.717) is 36.9 Å². The monoisotopic (exact) mass is 373 g/mol. The molecule has 2 heterocycles. The lowest BCUT2D eigenvalue weighted by Gasteiger charge is -2.54. The Labute approximate surface area is 137 Å². The lowest BCUT2D eigenvalue weighted by atomic mass is 9.80. The molecule has 114 valence electrons. The molecule has 21 heavy (non-hydrogen) atoms. The largest absolute Gasteiger partial charge is 0.350 e. The molecule has 0 saturated carbocycles. The molecule has 2 saturated heterocycles. The fourth-order valence-corrected chi connectivity index (χ4v) is 3.22. The van der Waals surface area contributed by atoms with Gasteiger partial charge in [-0.25, -0.2) is 0 Å². The van der Waals surface area contributed by atoms with Crippen molar-refractivity contribution in [3.63, 3.8) is 0 Å². The van der Waals surface area contributed by atoms with Crippen molar-refractivity contribution in [1.29, 1.82) is 0 Å². The second kappa shape index (κ2) is 5.23. The van der Waals surface area contributed by atoms with Gasteiger partial charge in [0.25, 0.3) is 5.91 Å². The van der Waals surface area contributed by atoms with Crippen LogP contribution in [-0.4, -0.2) is 42.9 Å². The van der Waals surface area contributed by atoms with Crippen molar-refractivity contribution in [2.45, 2.75) is 19.6 Å². The van der Waals surface area contributed by atoms with Crippen LogP contribution in [0.2, 0.25) is 5.02 Å². The molecular weight excluding hydrogens is 358 g/mol. The average Bonchev–Trinajstić information content (AvgIpc) is 2.39. The molecule has 4 nitrogen and oxygen atoms in total. The zero-order valence-corrected chi connectivity index (χ0v) is 14.3. The Morgan fingerprint density at radius 1 is 1.29 bits per heavy atom. The quantitative estimate of drug-likeness (QED) is 0.757. The summed E-state index contributed by atoms with van der Waals surface area (Å²) in [6.45, 7) is 6.34. The van der Waals surface area contributed by atoms with E-state index in [1.807, 2.05) is 19.9 Å². The highest BCUT2D eigenvalue weighted by molar-refractivity contribution is 9.10. The lowest BCUT2D eigenvalue weighted by molar-refractivity contribution is -0.301. The summed E-state index contributed by atoms with van der Waals surface area (Å²) in [5.74, 6) is -0.569. The fourth-order valence-electron chi connectivity index (χ4n) is 2.66. The van der Waals surface area contributed by atoms with E-state index >= 15 is 0 Å². The molecule has 2 fully saturated rings. The minimum absolute atomic E-state index is 0.0447. The number of hydrogen-bond acceptors (Lipinski definition) is 3. The predicted octanol–water partition coefficient (Wildman–Crippen LogP) is 3.33. The normalized spacial score (nSPS) is 23.0. The molecule has 1 aromatic carbocycles. The number of likely N-dealkylation sites (tertiary alicyclic amines) is 1. The van der Waals surface area contributed by atoms with Gasteiger partial charge < -0.3 is 14.4 Å². The van der Waals surface area contributed by atoms with Gasteiger partial charge in [0.15, 0.2) is 5.79 Å². The number of benzene rings is 1. The molecule has 0 N–H and O–H groups in total. The van der Waals surface area contributed by atoms with Crippen molar-refractivity contribution < 1.29 is 14.3 Å². The Morgan fingerprint density at radius 3 is 2.52 bits per heavy atom. The SMILES string of the molecule is CC1(C)OCC2(CO1)CN(C(=O)c1cc(Br)ccc1Cl)C2. The van der Waals surface area contributed by atoms with Crippen LogP contribution in [-0.2, 0) is 9.47 Å². The smallest absolute Gasteiger partial charge is 0.255 e. The molecule has 2 aliphatic heterocycles. The molecule has 1 amide bonds. The minimum Gasteiger partial charge on any atom is -0.350 e. The highest BCUT2D eigenvalue weighted by Crippen LogP contribution is 2.38. The summed E-state index contributed by atoms with van der Waals surface area (Å²) in [4.78, 5) is 14.3. The van der Waals surface area contributed by atoms with Gasteiger partial charge in [0.05, 0.1) is 29.2 Å². The van der Waals surface area contributed by atoms with E-state index in [9.17, 15) is 4.79 Å². The van der Waals surface area contributed by atoms with Gasteiger partial charge in [-0.3, -0.25) is 4.79 Å². The zero-order valence-electron chi connectivity index (χ0n) is 12.0. The van der Waals surface area contributed by atoms with Crippen LogP contribution < -0.4 is 0 Å². The van der Waals surface area contributed by atoms with Crippen molar-refractivity contribution >= 4 is 33.4 Å². The highest BCUT2D eigenvalue weighted by atomic mass is 79.9. The topological polar surface area (TPSA) is 38.8 Å². The van der Waals surface area contributed by atoms with E-state index in [1.165, 1.54) is 0 Å². The Balaban J connectivity index is 1.66. The Morgan fingerprint density at radius 2 is 1.90 bits per heavy atom. The van der Waals surface area contributed by atoms with Crippen LogP contribution in [0.4, 0.5) is 0 Å².